The number of hydrogen-bond acceptors (Lipinski definition) is 6. The summed E-state index contributed by atoms with van der Waals surface area (Å²) in [5, 5.41) is 12.6. The second kappa shape index (κ2) is 12.2. The van der Waals surface area contributed by atoms with Gasteiger partial charge in [-0.3, -0.25) is 4.79 Å². The zero-order chi connectivity index (χ0) is 28.2. The highest BCUT2D eigenvalue weighted by Crippen LogP contribution is 2.41. The van der Waals surface area contributed by atoms with Crippen LogP contribution >= 0.6 is 11.8 Å². The van der Waals surface area contributed by atoms with Crippen molar-refractivity contribution >= 4 is 51.3 Å². The molecule has 2 aromatic carbocycles. The van der Waals surface area contributed by atoms with Crippen LogP contribution in [0.2, 0.25) is 0 Å². The standard InChI is InChI=1S/C32H35N3O4S/c1-4-22-10-9-13-25-23(19-35(29(22)25)20-27(36)34-16-14-21(3)15-17-34)18-26-30(37)28(32(38)39-5-2)31(40-26)33-24-11-7-6-8-12-24/h6-13,18-19,21,37H,4-5,14-17,20H2,1-3H3/b26-18-,33-31?. The highest BCUT2D eigenvalue weighted by Gasteiger charge is 2.33. The molecule has 1 fully saturated rings. The largest absolute Gasteiger partial charge is 0.506 e. The van der Waals surface area contributed by atoms with Crippen LogP contribution in [0.5, 0.6) is 0 Å². The maximum Gasteiger partial charge on any atom is 0.344 e. The van der Waals surface area contributed by atoms with Crippen molar-refractivity contribution < 1.29 is 19.4 Å². The number of rotatable bonds is 7. The summed E-state index contributed by atoms with van der Waals surface area (Å²) in [7, 11) is 0. The first-order valence-corrected chi connectivity index (χ1v) is 14.7. The van der Waals surface area contributed by atoms with E-state index in [2.05, 4.69) is 24.9 Å². The van der Waals surface area contributed by atoms with Gasteiger partial charge < -0.3 is 19.3 Å². The number of aliphatic hydroxyl groups excluding tert-OH is 1. The van der Waals surface area contributed by atoms with Crippen LogP contribution in [0.3, 0.4) is 0 Å². The number of aliphatic imine (C=N–C) groups is 1. The minimum atomic E-state index is -0.609. The molecule has 2 aliphatic rings. The lowest BCUT2D eigenvalue weighted by Gasteiger charge is -2.30. The van der Waals surface area contributed by atoms with E-state index in [9.17, 15) is 14.7 Å². The summed E-state index contributed by atoms with van der Waals surface area (Å²) in [6.07, 6.45) is 6.75. The summed E-state index contributed by atoms with van der Waals surface area (Å²) in [4.78, 5) is 33.2. The summed E-state index contributed by atoms with van der Waals surface area (Å²) in [5.74, 6) is 0.0153. The number of aromatic nitrogens is 1. The summed E-state index contributed by atoms with van der Waals surface area (Å²) in [6, 6.07) is 15.5. The zero-order valence-electron chi connectivity index (χ0n) is 23.2. The first kappa shape index (κ1) is 27.8. The second-order valence-corrected chi connectivity index (χ2v) is 11.3. The molecule has 40 heavy (non-hydrogen) atoms. The maximum absolute atomic E-state index is 13.3. The molecule has 0 bridgehead atoms. The first-order valence-electron chi connectivity index (χ1n) is 13.9. The van der Waals surface area contributed by atoms with Crippen LogP contribution in [-0.4, -0.2) is 51.2 Å². The smallest absolute Gasteiger partial charge is 0.344 e. The van der Waals surface area contributed by atoms with Crippen LogP contribution in [0, 0.1) is 5.92 Å². The van der Waals surface area contributed by atoms with E-state index in [1.807, 2.05) is 64.2 Å². The van der Waals surface area contributed by atoms with Gasteiger partial charge in [-0.2, -0.15) is 0 Å². The number of likely N-dealkylation sites (tertiary alicyclic amines) is 1. The molecular formula is C32H35N3O4S. The van der Waals surface area contributed by atoms with Crippen LogP contribution in [0.1, 0.15) is 44.7 Å². The zero-order valence-corrected chi connectivity index (χ0v) is 24.0. The highest BCUT2D eigenvalue weighted by molar-refractivity contribution is 8.18. The van der Waals surface area contributed by atoms with Gasteiger partial charge in [0.25, 0.3) is 0 Å². The Morgan fingerprint density at radius 3 is 2.55 bits per heavy atom. The van der Waals surface area contributed by atoms with Crippen molar-refractivity contribution in [1.82, 2.24) is 9.47 Å². The van der Waals surface area contributed by atoms with E-state index >= 15 is 0 Å². The lowest BCUT2D eigenvalue weighted by Crippen LogP contribution is -2.39. The Bertz CT molecular complexity index is 1510. The van der Waals surface area contributed by atoms with Gasteiger partial charge >= 0.3 is 5.97 Å². The number of ether oxygens (including phenoxy) is 1. The molecular weight excluding hydrogens is 522 g/mol. The Hall–Kier alpha value is -3.78. The molecule has 0 atom stereocenters. The molecule has 0 radical (unpaired) electrons. The lowest BCUT2D eigenvalue weighted by atomic mass is 9.99. The Balaban J connectivity index is 1.55. The number of aryl methyl sites for hydroxylation is 1. The number of amides is 1. The fourth-order valence-corrected chi connectivity index (χ4v) is 6.27. The number of carbonyl (C=O) groups excluding carboxylic acids is 2. The number of carbonyl (C=O) groups is 2. The van der Waals surface area contributed by atoms with Gasteiger partial charge in [-0.25, -0.2) is 9.79 Å². The average molecular weight is 558 g/mol. The molecule has 0 unspecified atom stereocenters. The molecule has 0 aliphatic carbocycles. The summed E-state index contributed by atoms with van der Waals surface area (Å²) in [6.45, 7) is 8.12. The molecule has 0 saturated carbocycles. The van der Waals surface area contributed by atoms with E-state index in [0.717, 1.165) is 54.4 Å². The molecule has 1 saturated heterocycles. The van der Waals surface area contributed by atoms with Gasteiger partial charge in [0.15, 0.2) is 0 Å². The molecule has 1 N–H and O–H groups in total. The third kappa shape index (κ3) is 5.72. The van der Waals surface area contributed by atoms with Gasteiger partial charge in [0.05, 0.1) is 22.7 Å². The SMILES string of the molecule is CCOC(=O)C1=C(O)/C(=C/c2cn(CC(=O)N3CCC(C)CC3)c3c(CC)cccc23)SC1=Nc1ccccc1. The molecule has 3 aromatic rings. The molecule has 2 aliphatic heterocycles. The van der Waals surface area contributed by atoms with Crippen LogP contribution in [0.25, 0.3) is 17.0 Å². The molecule has 7 nitrogen and oxygen atoms in total. The number of esters is 1. The van der Waals surface area contributed by atoms with Crippen LogP contribution in [-0.2, 0) is 27.3 Å². The summed E-state index contributed by atoms with van der Waals surface area (Å²) in [5.41, 5.74) is 3.78. The average Bonchev–Trinajstić information content (AvgIpc) is 3.46. The van der Waals surface area contributed by atoms with Crippen LogP contribution in [0.4, 0.5) is 5.69 Å². The van der Waals surface area contributed by atoms with Gasteiger partial charge in [0, 0.05) is 30.2 Å². The summed E-state index contributed by atoms with van der Waals surface area (Å²) < 4.78 is 7.29. The van der Waals surface area contributed by atoms with E-state index in [4.69, 9.17) is 4.74 Å². The normalized spacial score (nSPS) is 18.3. The molecule has 0 spiro atoms. The molecule has 1 aromatic heterocycles. The van der Waals surface area contributed by atoms with Crippen molar-refractivity contribution in [1.29, 1.82) is 0 Å². The van der Waals surface area contributed by atoms with Crippen LogP contribution < -0.4 is 0 Å². The monoisotopic (exact) mass is 557 g/mol. The van der Waals surface area contributed by atoms with E-state index in [0.29, 0.717) is 21.6 Å². The predicted octanol–water partition coefficient (Wildman–Crippen LogP) is 6.66. The van der Waals surface area contributed by atoms with E-state index in [1.165, 1.54) is 11.8 Å². The fraction of sp³-hybridized carbons (Fsp3) is 0.344. The number of benzene rings is 2. The molecule has 8 heteroatoms. The van der Waals surface area contributed by atoms with Crippen molar-refractivity contribution in [3.63, 3.8) is 0 Å². The minimum Gasteiger partial charge on any atom is -0.506 e. The molecule has 208 valence electrons. The van der Waals surface area contributed by atoms with E-state index < -0.39 is 5.97 Å². The Morgan fingerprint density at radius 2 is 1.85 bits per heavy atom. The maximum atomic E-state index is 13.3. The second-order valence-electron chi connectivity index (χ2n) is 10.2. The topological polar surface area (TPSA) is 84.1 Å². The Labute approximate surface area is 239 Å². The fourth-order valence-electron chi connectivity index (χ4n) is 5.25. The summed E-state index contributed by atoms with van der Waals surface area (Å²) >= 11 is 1.24. The highest BCUT2D eigenvalue weighted by atomic mass is 32.2. The number of hydrogen-bond donors (Lipinski definition) is 1. The van der Waals surface area contributed by atoms with E-state index in [1.54, 1.807) is 6.92 Å². The quantitative estimate of drug-likeness (QED) is 0.329. The number of para-hydroxylation sites is 2. The molecule has 3 heterocycles. The Kier molecular flexibility index (Phi) is 8.45. The number of thioether (sulfide) groups is 1. The Morgan fingerprint density at radius 1 is 1.10 bits per heavy atom. The molecule has 5 rings (SSSR count). The van der Waals surface area contributed by atoms with Gasteiger partial charge in [-0.1, -0.05) is 62.0 Å². The van der Waals surface area contributed by atoms with Gasteiger partial charge in [0.1, 0.15) is 22.9 Å². The van der Waals surface area contributed by atoms with Gasteiger partial charge in [-0.15, -0.1) is 0 Å². The number of piperidine rings is 1. The predicted molar refractivity (Wildman–Crippen MR) is 162 cm³/mol. The van der Waals surface area contributed by atoms with Crippen molar-refractivity contribution in [2.75, 3.05) is 19.7 Å². The van der Waals surface area contributed by atoms with Crippen molar-refractivity contribution in [3.05, 3.63) is 82.1 Å². The van der Waals surface area contributed by atoms with Crippen molar-refractivity contribution in [3.8, 4) is 0 Å². The third-order valence-corrected chi connectivity index (χ3v) is 8.50. The lowest BCUT2D eigenvalue weighted by molar-refractivity contribution is -0.138. The van der Waals surface area contributed by atoms with Crippen molar-refractivity contribution in [2.45, 2.75) is 46.6 Å². The van der Waals surface area contributed by atoms with Crippen molar-refractivity contribution in [2.24, 2.45) is 10.9 Å². The number of nitrogens with zero attached hydrogens (tertiary/aromatic N) is 3. The van der Waals surface area contributed by atoms with Gasteiger partial charge in [0.2, 0.25) is 5.91 Å². The van der Waals surface area contributed by atoms with Crippen LogP contribution in [0.15, 0.2) is 76.0 Å². The molecule has 1 amide bonds. The number of fused-ring (bicyclic) bond motifs is 1. The first-order chi connectivity index (χ1) is 19.4. The third-order valence-electron chi connectivity index (χ3n) is 7.48. The number of aliphatic hydroxyl groups is 1. The van der Waals surface area contributed by atoms with E-state index in [-0.39, 0.29) is 30.4 Å². The van der Waals surface area contributed by atoms with Gasteiger partial charge in [-0.05, 0) is 55.9 Å². The minimum absolute atomic E-state index is 0.0643.